The summed E-state index contributed by atoms with van der Waals surface area (Å²) in [5.74, 6) is -0.361. The van der Waals surface area contributed by atoms with Crippen molar-refractivity contribution in [3.05, 3.63) is 52.7 Å². The molecule has 0 bridgehead atoms. The molecule has 3 rings (SSSR count). The van der Waals surface area contributed by atoms with Crippen LogP contribution in [-0.2, 0) is 14.3 Å². The zero-order valence-corrected chi connectivity index (χ0v) is 22.1. The lowest BCUT2D eigenvalue weighted by molar-refractivity contribution is -0.139. The first-order valence-electron chi connectivity index (χ1n) is 11.7. The van der Waals surface area contributed by atoms with Crippen molar-refractivity contribution in [2.75, 3.05) is 34.5 Å². The smallest absolute Gasteiger partial charge is 0.338 e. The van der Waals surface area contributed by atoms with Gasteiger partial charge in [-0.25, -0.2) is 15.0 Å². The second-order valence-electron chi connectivity index (χ2n) is 8.06. The van der Waals surface area contributed by atoms with Gasteiger partial charge < -0.3 is 39.4 Å². The highest BCUT2D eigenvalue weighted by molar-refractivity contribution is 5.95. The zero-order valence-electron chi connectivity index (χ0n) is 22.1. The second kappa shape index (κ2) is 13.0. The third kappa shape index (κ3) is 6.89. The highest BCUT2D eigenvalue weighted by Crippen LogP contribution is 2.37. The number of urea groups is 1. The standard InChI is InChI=1S/C26H30N4O9/c1-6-38-25(33)22-14(2)28-26(34)29-23(22)16-7-8-17(18(11-16)35-3)39-13-21(31)30-27-12-15-9-19(36-4)24(32)20(10-15)37-5/h7-12,23,32H,6,13H2,1-5H3,(H,30,31)(H2,28,29,34)/b27-12-/t23-/m1/s1. The quantitative estimate of drug-likeness (QED) is 0.189. The Hall–Kier alpha value is -4.94. The number of methoxy groups -OCH3 is 3. The first kappa shape index (κ1) is 28.6. The molecule has 39 heavy (non-hydrogen) atoms. The van der Waals surface area contributed by atoms with Crippen LogP contribution in [0.25, 0.3) is 0 Å². The Morgan fingerprint density at radius 1 is 1.05 bits per heavy atom. The minimum absolute atomic E-state index is 0.152. The predicted octanol–water partition coefficient (Wildman–Crippen LogP) is 2.14. The molecule has 0 aliphatic carbocycles. The van der Waals surface area contributed by atoms with E-state index in [1.165, 1.54) is 39.7 Å². The van der Waals surface area contributed by atoms with Gasteiger partial charge >= 0.3 is 12.0 Å². The van der Waals surface area contributed by atoms with Crippen molar-refractivity contribution < 1.29 is 43.2 Å². The van der Waals surface area contributed by atoms with Gasteiger partial charge in [0.05, 0.1) is 45.8 Å². The van der Waals surface area contributed by atoms with Crippen molar-refractivity contribution in [1.82, 2.24) is 16.1 Å². The summed E-state index contributed by atoms with van der Waals surface area (Å²) >= 11 is 0. The Morgan fingerprint density at radius 2 is 1.72 bits per heavy atom. The number of rotatable bonds is 11. The predicted molar refractivity (Wildman–Crippen MR) is 139 cm³/mol. The van der Waals surface area contributed by atoms with Crippen LogP contribution in [0.15, 0.2) is 46.7 Å². The molecule has 0 spiro atoms. The summed E-state index contributed by atoms with van der Waals surface area (Å²) < 4.78 is 26.3. The summed E-state index contributed by atoms with van der Waals surface area (Å²) in [6.07, 6.45) is 1.35. The summed E-state index contributed by atoms with van der Waals surface area (Å²) in [7, 11) is 4.22. The van der Waals surface area contributed by atoms with Crippen LogP contribution in [-0.4, -0.2) is 63.8 Å². The monoisotopic (exact) mass is 542 g/mol. The molecular formula is C26H30N4O9. The van der Waals surface area contributed by atoms with E-state index in [-0.39, 0.29) is 47.5 Å². The van der Waals surface area contributed by atoms with Crippen molar-refractivity contribution in [2.45, 2.75) is 19.9 Å². The third-order valence-corrected chi connectivity index (χ3v) is 5.55. The van der Waals surface area contributed by atoms with Gasteiger partial charge in [-0.05, 0) is 43.7 Å². The normalized spacial score (nSPS) is 14.8. The molecule has 13 nitrogen and oxygen atoms in total. The number of benzene rings is 2. The number of phenols is 1. The van der Waals surface area contributed by atoms with E-state index in [0.717, 1.165) is 0 Å². The van der Waals surface area contributed by atoms with Crippen molar-refractivity contribution in [3.8, 4) is 28.7 Å². The van der Waals surface area contributed by atoms with Crippen LogP contribution in [0.4, 0.5) is 4.79 Å². The fourth-order valence-electron chi connectivity index (χ4n) is 3.75. The van der Waals surface area contributed by atoms with Crippen molar-refractivity contribution in [1.29, 1.82) is 0 Å². The lowest BCUT2D eigenvalue weighted by Gasteiger charge is -2.28. The molecule has 0 radical (unpaired) electrons. The number of hydrogen-bond acceptors (Lipinski definition) is 10. The van der Waals surface area contributed by atoms with Gasteiger partial charge in [-0.15, -0.1) is 0 Å². The number of aromatic hydroxyl groups is 1. The maximum Gasteiger partial charge on any atom is 0.338 e. The second-order valence-corrected chi connectivity index (χ2v) is 8.06. The molecule has 2 aromatic rings. The third-order valence-electron chi connectivity index (χ3n) is 5.55. The van der Waals surface area contributed by atoms with Gasteiger partial charge in [-0.1, -0.05) is 6.07 Å². The van der Waals surface area contributed by atoms with Gasteiger partial charge in [0.2, 0.25) is 5.75 Å². The Labute approximate surface area is 224 Å². The molecule has 4 N–H and O–H groups in total. The maximum atomic E-state index is 12.5. The molecule has 13 heteroatoms. The molecule has 2 aromatic carbocycles. The molecular weight excluding hydrogens is 512 g/mol. The topological polar surface area (TPSA) is 166 Å². The van der Waals surface area contributed by atoms with Crippen LogP contribution in [0.2, 0.25) is 0 Å². The SMILES string of the molecule is CCOC(=O)C1=C(C)NC(=O)N[C@@H]1c1ccc(OCC(=O)N/N=C\c2cc(OC)c(O)c(OC)c2)c(OC)c1. The van der Waals surface area contributed by atoms with E-state index in [2.05, 4.69) is 21.2 Å². The van der Waals surface area contributed by atoms with Crippen LogP contribution < -0.4 is 35.0 Å². The number of phenolic OH excluding ortho intramolecular Hbond substituents is 1. The fourth-order valence-corrected chi connectivity index (χ4v) is 3.75. The minimum Gasteiger partial charge on any atom is -0.502 e. The van der Waals surface area contributed by atoms with E-state index in [0.29, 0.717) is 16.8 Å². The molecule has 0 saturated carbocycles. The summed E-state index contributed by atoms with van der Waals surface area (Å²) in [5.41, 5.74) is 4.03. The molecule has 208 valence electrons. The van der Waals surface area contributed by atoms with Crippen LogP contribution in [0, 0.1) is 0 Å². The number of esters is 1. The molecule has 1 heterocycles. The summed E-state index contributed by atoms with van der Waals surface area (Å²) in [6.45, 7) is 3.10. The first-order chi connectivity index (χ1) is 18.7. The van der Waals surface area contributed by atoms with E-state index >= 15 is 0 Å². The molecule has 3 amide bonds. The molecule has 0 saturated heterocycles. The number of allylic oxidation sites excluding steroid dienone is 1. The van der Waals surface area contributed by atoms with Crippen molar-refractivity contribution in [3.63, 3.8) is 0 Å². The van der Waals surface area contributed by atoms with Crippen molar-refractivity contribution >= 4 is 24.1 Å². The molecule has 1 atom stereocenters. The number of nitrogens with zero attached hydrogens (tertiary/aromatic N) is 1. The number of nitrogens with one attached hydrogen (secondary N) is 3. The zero-order chi connectivity index (χ0) is 28.5. The number of amides is 3. The number of carbonyl (C=O) groups excluding carboxylic acids is 3. The molecule has 0 unspecified atom stereocenters. The molecule has 1 aliphatic rings. The van der Waals surface area contributed by atoms with Gasteiger partial charge in [-0.3, -0.25) is 4.79 Å². The van der Waals surface area contributed by atoms with Gasteiger partial charge in [0.15, 0.2) is 29.6 Å². The highest BCUT2D eigenvalue weighted by Gasteiger charge is 2.32. The number of carbonyl (C=O) groups is 3. The lowest BCUT2D eigenvalue weighted by atomic mass is 9.95. The van der Waals surface area contributed by atoms with E-state index in [9.17, 15) is 19.5 Å². The van der Waals surface area contributed by atoms with Crippen LogP contribution in [0.1, 0.15) is 31.0 Å². The van der Waals surface area contributed by atoms with Crippen LogP contribution >= 0.6 is 0 Å². The molecule has 0 aromatic heterocycles. The van der Waals surface area contributed by atoms with E-state index in [1.54, 1.807) is 32.0 Å². The first-order valence-corrected chi connectivity index (χ1v) is 11.7. The minimum atomic E-state index is -0.782. The van der Waals surface area contributed by atoms with Gasteiger partial charge in [0.1, 0.15) is 0 Å². The van der Waals surface area contributed by atoms with Crippen LogP contribution in [0.3, 0.4) is 0 Å². The summed E-state index contributed by atoms with van der Waals surface area (Å²) in [4.78, 5) is 36.9. The van der Waals surface area contributed by atoms with E-state index < -0.39 is 23.9 Å². The van der Waals surface area contributed by atoms with Crippen LogP contribution in [0.5, 0.6) is 28.7 Å². The Kier molecular flexibility index (Phi) is 9.57. The number of ether oxygens (including phenoxy) is 5. The fraction of sp³-hybridized carbons (Fsp3) is 0.308. The Balaban J connectivity index is 1.69. The Bertz CT molecular complexity index is 1280. The summed E-state index contributed by atoms with van der Waals surface area (Å²) in [5, 5.41) is 19.2. The lowest BCUT2D eigenvalue weighted by Crippen LogP contribution is -2.45. The average molecular weight is 543 g/mol. The largest absolute Gasteiger partial charge is 0.502 e. The van der Waals surface area contributed by atoms with E-state index in [1.807, 2.05) is 0 Å². The Morgan fingerprint density at radius 3 is 2.33 bits per heavy atom. The van der Waals surface area contributed by atoms with E-state index in [4.69, 9.17) is 23.7 Å². The number of hydrogen-bond donors (Lipinski definition) is 4. The molecule has 1 aliphatic heterocycles. The van der Waals surface area contributed by atoms with Gasteiger partial charge in [-0.2, -0.15) is 5.10 Å². The average Bonchev–Trinajstić information content (AvgIpc) is 2.92. The number of hydrazone groups is 1. The van der Waals surface area contributed by atoms with Crippen molar-refractivity contribution in [2.24, 2.45) is 5.10 Å². The highest BCUT2D eigenvalue weighted by atomic mass is 16.5. The van der Waals surface area contributed by atoms with Gasteiger partial charge in [0.25, 0.3) is 5.91 Å². The maximum absolute atomic E-state index is 12.5. The molecule has 0 fully saturated rings. The van der Waals surface area contributed by atoms with Gasteiger partial charge in [0, 0.05) is 11.3 Å². The summed E-state index contributed by atoms with van der Waals surface area (Å²) in [6, 6.07) is 6.59.